The molecule has 0 atom stereocenters. The fraction of sp³-hybridized carbons (Fsp3) is 0.222. The Bertz CT molecular complexity index is 942. The van der Waals surface area contributed by atoms with Crippen LogP contribution in [0.5, 0.6) is 0 Å². The van der Waals surface area contributed by atoms with E-state index in [1.165, 1.54) is 5.56 Å². The van der Waals surface area contributed by atoms with Gasteiger partial charge in [0.2, 0.25) is 11.7 Å². The van der Waals surface area contributed by atoms with E-state index in [2.05, 4.69) is 49.2 Å². The molecule has 1 saturated heterocycles. The maximum Gasteiger partial charge on any atom is 0.414 e. The highest BCUT2D eigenvalue weighted by molar-refractivity contribution is 9.10. The third-order valence-electron chi connectivity index (χ3n) is 4.02. The van der Waals surface area contributed by atoms with Crippen LogP contribution in [0.3, 0.4) is 0 Å². The maximum atomic E-state index is 9.10. The number of hydrogen-bond acceptors (Lipinski definition) is 7. The van der Waals surface area contributed by atoms with Crippen LogP contribution in [-0.4, -0.2) is 50.3 Å². The van der Waals surface area contributed by atoms with Crippen molar-refractivity contribution in [2.75, 3.05) is 13.1 Å². The van der Waals surface area contributed by atoms with Gasteiger partial charge in [0.25, 0.3) is 0 Å². The van der Waals surface area contributed by atoms with Gasteiger partial charge in [-0.2, -0.15) is 4.98 Å². The predicted octanol–water partition coefficient (Wildman–Crippen LogP) is 3.32. The Hall–Kier alpha value is -2.56. The third kappa shape index (κ3) is 5.03. The number of likely N-dealkylation sites (tertiary alicyclic amines) is 1. The van der Waals surface area contributed by atoms with Crippen molar-refractivity contribution in [3.05, 3.63) is 57.7 Å². The number of carboxylic acid groups (broad SMARTS) is 2. The number of carboxylic acids is 2. The van der Waals surface area contributed by atoms with E-state index >= 15 is 0 Å². The van der Waals surface area contributed by atoms with Gasteiger partial charge in [0.05, 0.1) is 10.8 Å². The molecule has 28 heavy (non-hydrogen) atoms. The molecule has 1 aliphatic heterocycles. The van der Waals surface area contributed by atoms with Gasteiger partial charge in [-0.3, -0.25) is 4.90 Å². The number of aromatic nitrogens is 2. The number of thiophene rings is 1. The molecule has 3 heterocycles. The summed E-state index contributed by atoms with van der Waals surface area (Å²) in [4.78, 5) is 26.2. The lowest BCUT2D eigenvalue weighted by Crippen LogP contribution is -2.44. The van der Waals surface area contributed by atoms with Crippen molar-refractivity contribution in [2.45, 2.75) is 12.5 Å². The lowest BCUT2D eigenvalue weighted by atomic mass is 9.99. The molecule has 0 amide bonds. The van der Waals surface area contributed by atoms with Gasteiger partial charge >= 0.3 is 11.9 Å². The van der Waals surface area contributed by atoms with Crippen LogP contribution < -0.4 is 0 Å². The molecule has 0 aliphatic carbocycles. The van der Waals surface area contributed by atoms with Crippen LogP contribution >= 0.6 is 27.3 Å². The monoisotopic (exact) mass is 465 g/mol. The fourth-order valence-corrected chi connectivity index (χ4v) is 3.69. The average Bonchev–Trinajstić information content (AvgIpc) is 3.31. The Labute approximate surface area is 172 Å². The van der Waals surface area contributed by atoms with Gasteiger partial charge in [-0.15, -0.1) is 11.3 Å². The maximum absolute atomic E-state index is 9.10. The number of carbonyl (C=O) groups is 2. The van der Waals surface area contributed by atoms with Crippen LogP contribution in [0.4, 0.5) is 0 Å². The van der Waals surface area contributed by atoms with Crippen LogP contribution in [0.1, 0.15) is 17.4 Å². The number of hydrogen-bond donors (Lipinski definition) is 2. The largest absolute Gasteiger partial charge is 0.473 e. The van der Waals surface area contributed by atoms with Crippen LogP contribution in [0.2, 0.25) is 0 Å². The highest BCUT2D eigenvalue weighted by atomic mass is 79.9. The van der Waals surface area contributed by atoms with Gasteiger partial charge in [0.1, 0.15) is 0 Å². The Balaban J connectivity index is 0.000000330. The molecule has 1 fully saturated rings. The normalized spacial score (nSPS) is 14.0. The minimum atomic E-state index is -1.82. The summed E-state index contributed by atoms with van der Waals surface area (Å²) in [5, 5.41) is 20.9. The van der Waals surface area contributed by atoms with E-state index in [1.54, 1.807) is 11.3 Å². The van der Waals surface area contributed by atoms with Crippen molar-refractivity contribution in [1.29, 1.82) is 0 Å². The second kappa shape index (κ2) is 9.09. The number of aliphatic carboxylic acids is 2. The Morgan fingerprint density at radius 3 is 2.50 bits per heavy atom. The van der Waals surface area contributed by atoms with E-state index in [0.717, 1.165) is 34.9 Å². The summed E-state index contributed by atoms with van der Waals surface area (Å²) in [6.07, 6.45) is 0. The zero-order valence-corrected chi connectivity index (χ0v) is 16.9. The number of benzene rings is 1. The highest BCUT2D eigenvalue weighted by Crippen LogP contribution is 2.30. The van der Waals surface area contributed by atoms with Gasteiger partial charge in [-0.05, 0) is 23.1 Å². The standard InChI is InChI=1S/C16H14BrN3OS.C2H2O4/c17-13-5-2-1-4-11(13)8-20-9-12(10-20)16-18-15(19-21-16)14-6-3-7-22-14;3-1(4)2(5)6/h1-7,12H,8-10H2;(H,3,4)(H,5,6). The fourth-order valence-electron chi connectivity index (χ4n) is 2.63. The minimum absolute atomic E-state index is 0.351. The van der Waals surface area contributed by atoms with Crippen LogP contribution in [0.15, 0.2) is 50.8 Å². The summed E-state index contributed by atoms with van der Waals surface area (Å²) in [7, 11) is 0. The lowest BCUT2D eigenvalue weighted by molar-refractivity contribution is -0.159. The van der Waals surface area contributed by atoms with Gasteiger partial charge in [0, 0.05) is 24.1 Å². The summed E-state index contributed by atoms with van der Waals surface area (Å²) in [5.41, 5.74) is 1.31. The summed E-state index contributed by atoms with van der Waals surface area (Å²) in [6.45, 7) is 2.88. The summed E-state index contributed by atoms with van der Waals surface area (Å²) >= 11 is 5.23. The Morgan fingerprint density at radius 1 is 1.18 bits per heavy atom. The van der Waals surface area contributed by atoms with Crippen LogP contribution in [0.25, 0.3) is 10.7 Å². The first-order valence-electron chi connectivity index (χ1n) is 8.23. The Morgan fingerprint density at radius 2 is 1.89 bits per heavy atom. The molecule has 146 valence electrons. The zero-order valence-electron chi connectivity index (χ0n) is 14.5. The molecular weight excluding hydrogens is 450 g/mol. The third-order valence-corrected chi connectivity index (χ3v) is 5.66. The summed E-state index contributed by atoms with van der Waals surface area (Å²) in [5.74, 6) is -1.84. The van der Waals surface area contributed by atoms with Crippen LogP contribution in [-0.2, 0) is 16.1 Å². The molecule has 4 rings (SSSR count). The van der Waals surface area contributed by atoms with Gasteiger partial charge in [0.15, 0.2) is 0 Å². The van der Waals surface area contributed by atoms with Gasteiger partial charge in [-0.1, -0.05) is 45.4 Å². The first-order chi connectivity index (χ1) is 13.4. The molecule has 0 unspecified atom stereocenters. The summed E-state index contributed by atoms with van der Waals surface area (Å²) in [6, 6.07) is 12.4. The minimum Gasteiger partial charge on any atom is -0.473 e. The molecule has 10 heteroatoms. The molecule has 0 bridgehead atoms. The summed E-state index contributed by atoms with van der Waals surface area (Å²) < 4.78 is 6.59. The molecule has 0 radical (unpaired) electrons. The van der Waals surface area contributed by atoms with Crippen molar-refractivity contribution in [3.63, 3.8) is 0 Å². The molecular formula is C18H16BrN3O5S. The second-order valence-corrected chi connectivity index (χ2v) is 7.83. The van der Waals surface area contributed by atoms with Gasteiger partial charge < -0.3 is 14.7 Å². The average molecular weight is 466 g/mol. The highest BCUT2D eigenvalue weighted by Gasteiger charge is 2.32. The zero-order chi connectivity index (χ0) is 20.1. The molecule has 1 aliphatic rings. The molecule has 3 aromatic rings. The lowest BCUT2D eigenvalue weighted by Gasteiger charge is -2.37. The number of rotatable bonds is 4. The number of halogens is 1. The Kier molecular flexibility index (Phi) is 6.55. The molecule has 8 nitrogen and oxygen atoms in total. The molecule has 0 saturated carbocycles. The smallest absolute Gasteiger partial charge is 0.414 e. The van der Waals surface area contributed by atoms with Crippen molar-refractivity contribution in [3.8, 4) is 10.7 Å². The molecule has 2 aromatic heterocycles. The van der Waals surface area contributed by atoms with Crippen LogP contribution in [0, 0.1) is 0 Å². The second-order valence-electron chi connectivity index (χ2n) is 6.03. The van der Waals surface area contributed by atoms with E-state index in [0.29, 0.717) is 11.7 Å². The topological polar surface area (TPSA) is 117 Å². The van der Waals surface area contributed by atoms with Crippen molar-refractivity contribution >= 4 is 39.2 Å². The molecule has 2 N–H and O–H groups in total. The van der Waals surface area contributed by atoms with Crippen molar-refractivity contribution in [1.82, 2.24) is 15.0 Å². The van der Waals surface area contributed by atoms with E-state index in [4.69, 9.17) is 24.3 Å². The first-order valence-corrected chi connectivity index (χ1v) is 9.90. The van der Waals surface area contributed by atoms with E-state index in [1.807, 2.05) is 23.6 Å². The predicted molar refractivity (Wildman–Crippen MR) is 105 cm³/mol. The SMILES string of the molecule is Brc1ccccc1CN1CC(c2nc(-c3cccs3)no2)C1.O=C(O)C(=O)O. The van der Waals surface area contributed by atoms with Crippen molar-refractivity contribution in [2.24, 2.45) is 0 Å². The molecule has 1 aromatic carbocycles. The number of nitrogens with zero attached hydrogens (tertiary/aromatic N) is 3. The van der Waals surface area contributed by atoms with E-state index in [-0.39, 0.29) is 0 Å². The first kappa shape index (κ1) is 20.2. The molecule has 0 spiro atoms. The van der Waals surface area contributed by atoms with E-state index in [9.17, 15) is 0 Å². The van der Waals surface area contributed by atoms with Gasteiger partial charge in [-0.25, -0.2) is 9.59 Å². The quantitative estimate of drug-likeness (QED) is 0.563. The van der Waals surface area contributed by atoms with E-state index < -0.39 is 11.9 Å². The van der Waals surface area contributed by atoms with Crippen molar-refractivity contribution < 1.29 is 24.3 Å².